The van der Waals surface area contributed by atoms with E-state index in [-0.39, 0.29) is 11.9 Å². The summed E-state index contributed by atoms with van der Waals surface area (Å²) in [6, 6.07) is 4.23. The van der Waals surface area contributed by atoms with Crippen LogP contribution in [0.2, 0.25) is 0 Å². The first-order chi connectivity index (χ1) is 7.20. The number of nitrogens with two attached hydrogens (primary N) is 1. The molecule has 0 radical (unpaired) electrons. The predicted octanol–water partition coefficient (Wildman–Crippen LogP) is 0.998. The van der Waals surface area contributed by atoms with Gasteiger partial charge in [-0.1, -0.05) is 0 Å². The molecule has 1 aromatic rings. The Morgan fingerprint density at radius 1 is 1.53 bits per heavy atom. The van der Waals surface area contributed by atoms with E-state index in [0.29, 0.717) is 6.42 Å². The number of hydrogen-bond donors (Lipinski definition) is 2. The minimum absolute atomic E-state index is 0.242. The third-order valence-electron chi connectivity index (χ3n) is 2.26. The highest BCUT2D eigenvalue weighted by Gasteiger charge is 2.03. The molecule has 4 nitrogen and oxygen atoms in total. The van der Waals surface area contributed by atoms with Crippen molar-refractivity contribution in [2.45, 2.75) is 25.8 Å². The summed E-state index contributed by atoms with van der Waals surface area (Å²) in [5.74, 6) is -0.242. The number of primary amides is 1. The Kier molecular flexibility index (Phi) is 4.77. The summed E-state index contributed by atoms with van der Waals surface area (Å²) >= 11 is 0. The Morgan fingerprint density at radius 3 is 2.80 bits per heavy atom. The van der Waals surface area contributed by atoms with E-state index in [9.17, 15) is 4.79 Å². The van der Waals surface area contributed by atoms with Gasteiger partial charge in [-0.05, 0) is 37.6 Å². The van der Waals surface area contributed by atoms with Crippen LogP contribution in [0.25, 0.3) is 0 Å². The molecule has 0 saturated carbocycles. The second-order valence-corrected chi connectivity index (χ2v) is 3.53. The van der Waals surface area contributed by atoms with E-state index in [1.165, 1.54) is 5.56 Å². The quantitative estimate of drug-likeness (QED) is 0.684. The maximum atomic E-state index is 10.5. The van der Waals surface area contributed by atoms with Crippen LogP contribution in [0.5, 0.6) is 0 Å². The van der Waals surface area contributed by atoms with Gasteiger partial charge in [0.25, 0.3) is 0 Å². The zero-order valence-electron chi connectivity index (χ0n) is 8.94. The van der Waals surface area contributed by atoms with E-state index in [1.807, 2.05) is 12.1 Å². The third kappa shape index (κ3) is 4.56. The van der Waals surface area contributed by atoms with Crippen LogP contribution in [0.15, 0.2) is 24.5 Å². The average Bonchev–Trinajstić information content (AvgIpc) is 2.25. The predicted molar refractivity (Wildman–Crippen MR) is 59.1 cm³/mol. The van der Waals surface area contributed by atoms with Crippen LogP contribution in [-0.2, 0) is 4.79 Å². The van der Waals surface area contributed by atoms with Crippen LogP contribution >= 0.6 is 0 Å². The van der Waals surface area contributed by atoms with Gasteiger partial charge in [-0.15, -0.1) is 0 Å². The summed E-state index contributed by atoms with van der Waals surface area (Å²) in [5, 5.41) is 3.32. The normalized spacial score (nSPS) is 12.3. The zero-order chi connectivity index (χ0) is 11.1. The molecule has 82 valence electrons. The fourth-order valence-corrected chi connectivity index (χ4v) is 1.35. The number of nitrogens with one attached hydrogen (secondary N) is 1. The molecule has 1 amide bonds. The van der Waals surface area contributed by atoms with E-state index in [0.717, 1.165) is 13.0 Å². The summed E-state index contributed by atoms with van der Waals surface area (Å²) in [5.41, 5.74) is 6.24. The van der Waals surface area contributed by atoms with Gasteiger partial charge >= 0.3 is 0 Å². The minimum atomic E-state index is -0.242. The van der Waals surface area contributed by atoms with Gasteiger partial charge in [0.1, 0.15) is 0 Å². The summed E-state index contributed by atoms with van der Waals surface area (Å²) in [7, 11) is 0. The molecule has 1 rings (SSSR count). The molecule has 1 aromatic heterocycles. The Bertz CT molecular complexity index is 300. The molecular weight excluding hydrogens is 190 g/mol. The van der Waals surface area contributed by atoms with Crippen LogP contribution in [-0.4, -0.2) is 17.4 Å². The molecule has 1 atom stereocenters. The van der Waals surface area contributed by atoms with Gasteiger partial charge in [0.05, 0.1) is 0 Å². The first-order valence-electron chi connectivity index (χ1n) is 5.12. The molecule has 3 N–H and O–H groups in total. The number of aromatic nitrogens is 1. The Morgan fingerprint density at radius 2 is 2.20 bits per heavy atom. The number of carbonyl (C=O) groups excluding carboxylic acids is 1. The molecule has 15 heavy (non-hydrogen) atoms. The van der Waals surface area contributed by atoms with Crippen LogP contribution in [0.4, 0.5) is 0 Å². The largest absolute Gasteiger partial charge is 0.370 e. The van der Waals surface area contributed by atoms with Gasteiger partial charge in [0, 0.05) is 24.9 Å². The maximum absolute atomic E-state index is 10.5. The highest BCUT2D eigenvalue weighted by molar-refractivity contribution is 5.73. The SMILES string of the molecule is CC(NCCCC(N)=O)c1ccncc1. The summed E-state index contributed by atoms with van der Waals surface area (Å²) < 4.78 is 0. The van der Waals surface area contributed by atoms with Crippen LogP contribution in [0.3, 0.4) is 0 Å². The molecule has 0 aromatic carbocycles. The van der Waals surface area contributed by atoms with E-state index >= 15 is 0 Å². The van der Waals surface area contributed by atoms with Crippen LogP contribution < -0.4 is 11.1 Å². The second kappa shape index (κ2) is 6.14. The summed E-state index contributed by atoms with van der Waals surface area (Å²) in [4.78, 5) is 14.5. The molecule has 0 aliphatic heterocycles. The molecule has 1 heterocycles. The molecule has 0 aliphatic carbocycles. The molecule has 0 fully saturated rings. The number of amides is 1. The zero-order valence-corrected chi connectivity index (χ0v) is 8.94. The summed E-state index contributed by atoms with van der Waals surface area (Å²) in [6.45, 7) is 2.88. The fourth-order valence-electron chi connectivity index (χ4n) is 1.35. The molecule has 1 unspecified atom stereocenters. The van der Waals surface area contributed by atoms with E-state index in [4.69, 9.17) is 5.73 Å². The lowest BCUT2D eigenvalue weighted by atomic mass is 10.1. The Balaban J connectivity index is 2.25. The van der Waals surface area contributed by atoms with Crippen molar-refractivity contribution in [2.75, 3.05) is 6.54 Å². The lowest BCUT2D eigenvalue weighted by molar-refractivity contribution is -0.118. The topological polar surface area (TPSA) is 68.0 Å². The molecule has 4 heteroatoms. The van der Waals surface area contributed by atoms with Gasteiger partial charge in [0.15, 0.2) is 0 Å². The second-order valence-electron chi connectivity index (χ2n) is 3.53. The molecule has 0 bridgehead atoms. The number of hydrogen-bond acceptors (Lipinski definition) is 3. The number of pyridine rings is 1. The molecule has 0 aliphatic rings. The monoisotopic (exact) mass is 207 g/mol. The fraction of sp³-hybridized carbons (Fsp3) is 0.455. The highest BCUT2D eigenvalue weighted by Crippen LogP contribution is 2.09. The van der Waals surface area contributed by atoms with Crippen LogP contribution in [0, 0.1) is 0 Å². The molecule has 0 saturated heterocycles. The molecular formula is C11H17N3O. The standard InChI is InChI=1S/C11H17N3O/c1-9(10-4-7-13-8-5-10)14-6-2-3-11(12)15/h4-5,7-9,14H,2-3,6H2,1H3,(H2,12,15). The van der Waals surface area contributed by atoms with Gasteiger partial charge < -0.3 is 11.1 Å². The van der Waals surface area contributed by atoms with E-state index in [2.05, 4.69) is 17.2 Å². The number of nitrogens with zero attached hydrogens (tertiary/aromatic N) is 1. The maximum Gasteiger partial charge on any atom is 0.217 e. The van der Waals surface area contributed by atoms with Crippen molar-refractivity contribution in [3.05, 3.63) is 30.1 Å². The Hall–Kier alpha value is -1.42. The van der Waals surface area contributed by atoms with Crippen molar-refractivity contribution < 1.29 is 4.79 Å². The average molecular weight is 207 g/mol. The summed E-state index contributed by atoms with van der Waals surface area (Å²) in [6.07, 6.45) is 4.77. The smallest absolute Gasteiger partial charge is 0.217 e. The van der Waals surface area contributed by atoms with Crippen molar-refractivity contribution >= 4 is 5.91 Å². The number of rotatable bonds is 6. The van der Waals surface area contributed by atoms with Gasteiger partial charge in [-0.25, -0.2) is 0 Å². The van der Waals surface area contributed by atoms with Crippen molar-refractivity contribution in [3.8, 4) is 0 Å². The Labute approximate surface area is 89.9 Å². The number of carbonyl (C=O) groups is 1. The van der Waals surface area contributed by atoms with E-state index in [1.54, 1.807) is 12.4 Å². The molecule has 0 spiro atoms. The van der Waals surface area contributed by atoms with Crippen molar-refractivity contribution in [3.63, 3.8) is 0 Å². The van der Waals surface area contributed by atoms with E-state index < -0.39 is 0 Å². The first kappa shape index (κ1) is 11.7. The lowest BCUT2D eigenvalue weighted by Gasteiger charge is -2.13. The first-order valence-corrected chi connectivity index (χ1v) is 5.12. The lowest BCUT2D eigenvalue weighted by Crippen LogP contribution is -2.21. The van der Waals surface area contributed by atoms with Crippen molar-refractivity contribution in [1.82, 2.24) is 10.3 Å². The highest BCUT2D eigenvalue weighted by atomic mass is 16.1. The van der Waals surface area contributed by atoms with Gasteiger partial charge in [-0.2, -0.15) is 0 Å². The van der Waals surface area contributed by atoms with Gasteiger partial charge in [-0.3, -0.25) is 9.78 Å². The van der Waals surface area contributed by atoms with Gasteiger partial charge in [0.2, 0.25) is 5.91 Å². The minimum Gasteiger partial charge on any atom is -0.370 e. The van der Waals surface area contributed by atoms with Crippen molar-refractivity contribution in [1.29, 1.82) is 0 Å². The van der Waals surface area contributed by atoms with Crippen LogP contribution in [0.1, 0.15) is 31.4 Å². The van der Waals surface area contributed by atoms with Crippen molar-refractivity contribution in [2.24, 2.45) is 5.73 Å². The third-order valence-corrected chi connectivity index (χ3v) is 2.26.